The number of para-hydroxylation sites is 1. The number of nitrogens with two attached hydrogens (primary N) is 1. The van der Waals surface area contributed by atoms with Crippen molar-refractivity contribution in [3.05, 3.63) is 51.4 Å². The molecule has 0 amide bonds. The fraction of sp³-hybridized carbons (Fsp3) is 0.0833. The van der Waals surface area contributed by atoms with Gasteiger partial charge in [0.2, 0.25) is 5.82 Å². The lowest BCUT2D eigenvalue weighted by Crippen LogP contribution is -2.05. The standard InChI is InChI=1S/C12H9N5O2S/c13-12-11(17(18)19)8(14-6-15-12)5-10-16-7-3-1-2-4-9(7)20-10/h1-4,6H,5H2,(H2,13,14,15). The molecule has 1 aromatic carbocycles. The van der Waals surface area contributed by atoms with Crippen molar-refractivity contribution in [3.8, 4) is 0 Å². The summed E-state index contributed by atoms with van der Waals surface area (Å²) in [5.41, 5.74) is 6.45. The molecular formula is C12H9N5O2S. The van der Waals surface area contributed by atoms with E-state index in [4.69, 9.17) is 5.73 Å². The number of hydrogen-bond donors (Lipinski definition) is 1. The van der Waals surface area contributed by atoms with Gasteiger partial charge in [-0.15, -0.1) is 11.3 Å². The van der Waals surface area contributed by atoms with Crippen LogP contribution < -0.4 is 5.73 Å². The second-order valence-corrected chi connectivity index (χ2v) is 5.18. The first-order valence-corrected chi connectivity index (χ1v) is 6.55. The van der Waals surface area contributed by atoms with Crippen molar-refractivity contribution >= 4 is 33.1 Å². The molecule has 7 nitrogen and oxygen atoms in total. The molecule has 0 spiro atoms. The zero-order valence-corrected chi connectivity index (χ0v) is 11.0. The molecule has 20 heavy (non-hydrogen) atoms. The lowest BCUT2D eigenvalue weighted by molar-refractivity contribution is -0.385. The largest absolute Gasteiger partial charge is 0.378 e. The quantitative estimate of drug-likeness (QED) is 0.584. The van der Waals surface area contributed by atoms with Crippen molar-refractivity contribution in [1.82, 2.24) is 15.0 Å². The van der Waals surface area contributed by atoms with Crippen molar-refractivity contribution in [1.29, 1.82) is 0 Å². The van der Waals surface area contributed by atoms with Crippen LogP contribution in [0.25, 0.3) is 10.2 Å². The lowest BCUT2D eigenvalue weighted by Gasteiger charge is -2.01. The van der Waals surface area contributed by atoms with Gasteiger partial charge in [0.25, 0.3) is 0 Å². The predicted molar refractivity (Wildman–Crippen MR) is 75.5 cm³/mol. The molecule has 0 saturated heterocycles. The molecule has 2 N–H and O–H groups in total. The van der Waals surface area contributed by atoms with E-state index < -0.39 is 4.92 Å². The molecule has 0 atom stereocenters. The predicted octanol–water partition coefficient (Wildman–Crippen LogP) is 2.17. The van der Waals surface area contributed by atoms with Gasteiger partial charge in [-0.2, -0.15) is 0 Å². The van der Waals surface area contributed by atoms with Crippen LogP contribution in [0, 0.1) is 10.1 Å². The Morgan fingerprint density at radius 2 is 2.10 bits per heavy atom. The summed E-state index contributed by atoms with van der Waals surface area (Å²) < 4.78 is 1.03. The van der Waals surface area contributed by atoms with E-state index >= 15 is 0 Å². The molecule has 3 aromatic rings. The highest BCUT2D eigenvalue weighted by Crippen LogP contribution is 2.27. The second kappa shape index (κ2) is 4.82. The molecule has 0 radical (unpaired) electrons. The molecule has 0 aliphatic heterocycles. The number of hydrogen-bond acceptors (Lipinski definition) is 7. The maximum atomic E-state index is 11.0. The first-order valence-electron chi connectivity index (χ1n) is 5.73. The Kier molecular flexibility index (Phi) is 2.99. The van der Waals surface area contributed by atoms with Gasteiger partial charge in [-0.3, -0.25) is 10.1 Å². The summed E-state index contributed by atoms with van der Waals surface area (Å²) in [6, 6.07) is 7.68. The summed E-state index contributed by atoms with van der Waals surface area (Å²) >= 11 is 1.48. The van der Waals surface area contributed by atoms with Crippen LogP contribution in [0.15, 0.2) is 30.6 Å². The number of rotatable bonds is 3. The van der Waals surface area contributed by atoms with Gasteiger partial charge in [-0.25, -0.2) is 15.0 Å². The minimum absolute atomic E-state index is 0.124. The van der Waals surface area contributed by atoms with Crippen LogP contribution in [0.3, 0.4) is 0 Å². The summed E-state index contributed by atoms with van der Waals surface area (Å²) in [5, 5.41) is 11.8. The SMILES string of the molecule is Nc1ncnc(Cc2nc3ccccc3s2)c1[N+](=O)[O-]. The van der Waals surface area contributed by atoms with Gasteiger partial charge in [0.1, 0.15) is 17.0 Å². The molecule has 0 bridgehead atoms. The second-order valence-electron chi connectivity index (χ2n) is 4.06. The molecular weight excluding hydrogens is 278 g/mol. The smallest absolute Gasteiger partial charge is 0.332 e. The third kappa shape index (κ3) is 2.16. The normalized spacial score (nSPS) is 10.8. The van der Waals surface area contributed by atoms with E-state index in [1.54, 1.807) is 0 Å². The highest BCUT2D eigenvalue weighted by Gasteiger charge is 2.21. The van der Waals surface area contributed by atoms with Crippen LogP contribution in [0.2, 0.25) is 0 Å². The van der Waals surface area contributed by atoms with Crippen LogP contribution in [0.5, 0.6) is 0 Å². The average Bonchev–Trinajstić information content (AvgIpc) is 2.80. The van der Waals surface area contributed by atoms with Crippen molar-refractivity contribution in [2.45, 2.75) is 6.42 Å². The number of fused-ring (bicyclic) bond motifs is 1. The van der Waals surface area contributed by atoms with E-state index in [0.29, 0.717) is 0 Å². The highest BCUT2D eigenvalue weighted by atomic mass is 32.1. The number of nitro groups is 1. The van der Waals surface area contributed by atoms with Crippen LogP contribution >= 0.6 is 11.3 Å². The van der Waals surface area contributed by atoms with Crippen molar-refractivity contribution in [3.63, 3.8) is 0 Å². The van der Waals surface area contributed by atoms with Crippen molar-refractivity contribution < 1.29 is 4.92 Å². The van der Waals surface area contributed by atoms with Crippen LogP contribution in [-0.2, 0) is 6.42 Å². The van der Waals surface area contributed by atoms with E-state index in [0.717, 1.165) is 15.2 Å². The van der Waals surface area contributed by atoms with E-state index in [9.17, 15) is 10.1 Å². The van der Waals surface area contributed by atoms with E-state index in [2.05, 4.69) is 15.0 Å². The Morgan fingerprint density at radius 1 is 1.30 bits per heavy atom. The van der Waals surface area contributed by atoms with Crippen LogP contribution in [0.1, 0.15) is 10.7 Å². The summed E-state index contributed by atoms with van der Waals surface area (Å²) in [6.07, 6.45) is 1.49. The summed E-state index contributed by atoms with van der Waals surface area (Å²) in [5.74, 6) is -0.124. The Bertz CT molecular complexity index is 768. The van der Waals surface area contributed by atoms with Gasteiger partial charge in [-0.05, 0) is 12.1 Å². The van der Waals surface area contributed by atoms with Crippen molar-refractivity contribution in [2.75, 3.05) is 5.73 Å². The molecule has 3 rings (SSSR count). The zero-order chi connectivity index (χ0) is 14.1. The average molecular weight is 287 g/mol. The van der Waals surface area contributed by atoms with Gasteiger partial charge < -0.3 is 5.73 Å². The molecule has 100 valence electrons. The first kappa shape index (κ1) is 12.4. The van der Waals surface area contributed by atoms with E-state index in [1.165, 1.54) is 17.7 Å². The number of benzene rings is 1. The third-order valence-electron chi connectivity index (χ3n) is 2.77. The highest BCUT2D eigenvalue weighted by molar-refractivity contribution is 7.18. The maximum Gasteiger partial charge on any atom is 0.332 e. The minimum atomic E-state index is -0.558. The molecule has 2 heterocycles. The Balaban J connectivity index is 2.02. The summed E-state index contributed by atoms with van der Waals surface area (Å²) in [7, 11) is 0. The monoisotopic (exact) mass is 287 g/mol. The number of aromatic nitrogens is 3. The van der Waals surface area contributed by atoms with Gasteiger partial charge in [0.05, 0.1) is 15.1 Å². The van der Waals surface area contributed by atoms with Gasteiger partial charge in [0.15, 0.2) is 0 Å². The zero-order valence-electron chi connectivity index (χ0n) is 10.2. The fourth-order valence-corrected chi connectivity index (χ4v) is 2.87. The Labute approximate surface area is 117 Å². The molecule has 0 aliphatic carbocycles. The minimum Gasteiger partial charge on any atom is -0.378 e. The molecule has 0 fully saturated rings. The van der Waals surface area contributed by atoms with Gasteiger partial charge in [-0.1, -0.05) is 12.1 Å². The van der Waals surface area contributed by atoms with E-state index in [-0.39, 0.29) is 23.6 Å². The summed E-state index contributed by atoms with van der Waals surface area (Å²) in [4.78, 5) is 22.5. The number of thiazole rings is 1. The van der Waals surface area contributed by atoms with Gasteiger partial charge >= 0.3 is 5.69 Å². The lowest BCUT2D eigenvalue weighted by atomic mass is 10.2. The Morgan fingerprint density at radius 3 is 2.85 bits per heavy atom. The molecule has 2 aromatic heterocycles. The maximum absolute atomic E-state index is 11.0. The van der Waals surface area contributed by atoms with Crippen molar-refractivity contribution in [2.24, 2.45) is 0 Å². The molecule has 8 heteroatoms. The fourth-order valence-electron chi connectivity index (χ4n) is 1.90. The van der Waals surface area contributed by atoms with Crippen LogP contribution in [-0.4, -0.2) is 19.9 Å². The number of nitrogens with zero attached hydrogens (tertiary/aromatic N) is 4. The first-order chi connectivity index (χ1) is 9.65. The molecule has 0 saturated carbocycles. The molecule has 0 aliphatic rings. The molecule has 0 unspecified atom stereocenters. The number of nitrogen functional groups attached to an aromatic ring is 1. The Hall–Kier alpha value is -2.61. The van der Waals surface area contributed by atoms with E-state index in [1.807, 2.05) is 24.3 Å². The topological polar surface area (TPSA) is 108 Å². The number of anilines is 1. The third-order valence-corrected chi connectivity index (χ3v) is 3.80. The van der Waals surface area contributed by atoms with Gasteiger partial charge in [0, 0.05) is 6.42 Å². The van der Waals surface area contributed by atoms with Crippen LogP contribution in [0.4, 0.5) is 11.5 Å². The summed E-state index contributed by atoms with van der Waals surface area (Å²) in [6.45, 7) is 0.